The van der Waals surface area contributed by atoms with E-state index in [-0.39, 0.29) is 18.0 Å². The summed E-state index contributed by atoms with van der Waals surface area (Å²) in [4.78, 5) is 26.4. The summed E-state index contributed by atoms with van der Waals surface area (Å²) in [7, 11) is 0. The predicted molar refractivity (Wildman–Crippen MR) is 115 cm³/mol. The zero-order valence-corrected chi connectivity index (χ0v) is 17.2. The Morgan fingerprint density at radius 3 is 2.66 bits per heavy atom. The van der Waals surface area contributed by atoms with Crippen LogP contribution in [0.2, 0.25) is 0 Å². The molecule has 2 aromatic carbocycles. The van der Waals surface area contributed by atoms with Gasteiger partial charge >= 0.3 is 6.03 Å². The minimum absolute atomic E-state index is 0.0236. The number of hydrogen-bond donors (Lipinski definition) is 3. The van der Waals surface area contributed by atoms with Gasteiger partial charge in [-0.25, -0.2) is 4.79 Å². The van der Waals surface area contributed by atoms with E-state index in [0.717, 1.165) is 35.1 Å². The Morgan fingerprint density at radius 2 is 1.90 bits per heavy atom. The highest BCUT2D eigenvalue weighted by Gasteiger charge is 2.16. The zero-order chi connectivity index (χ0) is 20.6. The fraction of sp³-hybridized carbons (Fsp3) is 0.455. The normalized spacial score (nSPS) is 15.7. The van der Waals surface area contributed by atoms with E-state index in [0.29, 0.717) is 32.7 Å². The summed E-state index contributed by atoms with van der Waals surface area (Å²) >= 11 is 0. The van der Waals surface area contributed by atoms with Gasteiger partial charge in [-0.3, -0.25) is 9.69 Å². The molecule has 1 unspecified atom stereocenters. The third-order valence-corrected chi connectivity index (χ3v) is 5.09. The van der Waals surface area contributed by atoms with E-state index in [1.54, 1.807) is 0 Å². The SMILES string of the molecule is CCC(=O)NC(C)Cc1c(NC(=O)NCN2CCOCC2)ccc2ccccc12. The van der Waals surface area contributed by atoms with Gasteiger partial charge in [0, 0.05) is 31.2 Å². The highest BCUT2D eigenvalue weighted by molar-refractivity contribution is 5.96. The van der Waals surface area contributed by atoms with Gasteiger partial charge in [0.05, 0.1) is 19.9 Å². The summed E-state index contributed by atoms with van der Waals surface area (Å²) in [6.45, 7) is 7.33. The second-order valence-electron chi connectivity index (χ2n) is 7.36. The smallest absolute Gasteiger partial charge is 0.320 e. The number of benzene rings is 2. The molecule has 1 saturated heterocycles. The van der Waals surface area contributed by atoms with Gasteiger partial charge in [-0.15, -0.1) is 0 Å². The standard InChI is InChI=1S/C22H30N4O3/c1-3-21(27)24-16(2)14-19-18-7-5-4-6-17(18)8-9-20(19)25-22(28)23-15-26-10-12-29-13-11-26/h4-9,16H,3,10-15H2,1-2H3,(H,24,27)(H2,23,25,28). The molecule has 3 amide bonds. The molecule has 1 aliphatic rings. The van der Waals surface area contributed by atoms with E-state index in [2.05, 4.69) is 33.0 Å². The van der Waals surface area contributed by atoms with Gasteiger partial charge in [0.15, 0.2) is 0 Å². The maximum absolute atomic E-state index is 12.5. The number of anilines is 1. The topological polar surface area (TPSA) is 82.7 Å². The molecule has 1 heterocycles. The van der Waals surface area contributed by atoms with Gasteiger partial charge in [-0.05, 0) is 35.7 Å². The summed E-state index contributed by atoms with van der Waals surface area (Å²) < 4.78 is 5.33. The number of carbonyl (C=O) groups excluding carboxylic acids is 2. The number of carbonyl (C=O) groups is 2. The van der Waals surface area contributed by atoms with E-state index < -0.39 is 0 Å². The van der Waals surface area contributed by atoms with Gasteiger partial charge in [-0.2, -0.15) is 0 Å². The van der Waals surface area contributed by atoms with Crippen LogP contribution in [0.15, 0.2) is 36.4 Å². The molecule has 2 aromatic rings. The largest absolute Gasteiger partial charge is 0.379 e. The van der Waals surface area contributed by atoms with Crippen molar-refractivity contribution in [2.24, 2.45) is 0 Å². The second kappa shape index (κ2) is 10.2. The number of hydrogen-bond acceptors (Lipinski definition) is 4. The molecule has 7 heteroatoms. The maximum atomic E-state index is 12.5. The van der Waals surface area contributed by atoms with E-state index in [1.807, 2.05) is 38.1 Å². The summed E-state index contributed by atoms with van der Waals surface area (Å²) in [5, 5.41) is 11.1. The van der Waals surface area contributed by atoms with Gasteiger partial charge < -0.3 is 20.7 Å². The van der Waals surface area contributed by atoms with Crippen LogP contribution in [0.25, 0.3) is 10.8 Å². The molecule has 3 rings (SSSR count). The molecule has 1 atom stereocenters. The van der Waals surface area contributed by atoms with E-state index in [4.69, 9.17) is 4.74 Å². The number of nitrogens with zero attached hydrogens (tertiary/aromatic N) is 1. The highest BCUT2D eigenvalue weighted by Crippen LogP contribution is 2.27. The van der Waals surface area contributed by atoms with E-state index in [1.165, 1.54) is 0 Å². The fourth-order valence-electron chi connectivity index (χ4n) is 3.52. The quantitative estimate of drug-likeness (QED) is 0.670. The Balaban J connectivity index is 1.73. The van der Waals surface area contributed by atoms with Crippen LogP contribution in [0.3, 0.4) is 0 Å². The Bertz CT molecular complexity index is 849. The minimum Gasteiger partial charge on any atom is -0.379 e. The number of rotatable bonds is 7. The van der Waals surface area contributed by atoms with Crippen LogP contribution in [0.4, 0.5) is 10.5 Å². The molecule has 1 fully saturated rings. The first-order chi connectivity index (χ1) is 14.1. The average molecular weight is 399 g/mol. The van der Waals surface area contributed by atoms with Crippen molar-refractivity contribution in [2.45, 2.75) is 32.7 Å². The van der Waals surface area contributed by atoms with Gasteiger partial charge in [-0.1, -0.05) is 37.3 Å². The Morgan fingerprint density at radius 1 is 1.14 bits per heavy atom. The van der Waals surface area contributed by atoms with Crippen molar-refractivity contribution < 1.29 is 14.3 Å². The van der Waals surface area contributed by atoms with Crippen LogP contribution in [-0.2, 0) is 16.0 Å². The minimum atomic E-state index is -0.238. The highest BCUT2D eigenvalue weighted by atomic mass is 16.5. The number of urea groups is 1. The van der Waals surface area contributed by atoms with Crippen molar-refractivity contribution in [2.75, 3.05) is 38.3 Å². The number of nitrogens with one attached hydrogen (secondary N) is 3. The fourth-order valence-corrected chi connectivity index (χ4v) is 3.52. The lowest BCUT2D eigenvalue weighted by Gasteiger charge is -2.26. The van der Waals surface area contributed by atoms with Crippen LogP contribution in [0, 0.1) is 0 Å². The molecule has 0 radical (unpaired) electrons. The molecule has 0 aromatic heterocycles. The lowest BCUT2D eigenvalue weighted by molar-refractivity contribution is -0.121. The molecule has 0 saturated carbocycles. The van der Waals surface area contributed by atoms with Crippen molar-refractivity contribution in [1.29, 1.82) is 0 Å². The van der Waals surface area contributed by atoms with Gasteiger partial charge in [0.25, 0.3) is 0 Å². The molecule has 3 N–H and O–H groups in total. The van der Waals surface area contributed by atoms with Crippen molar-refractivity contribution in [3.63, 3.8) is 0 Å². The van der Waals surface area contributed by atoms with Crippen LogP contribution < -0.4 is 16.0 Å². The molecule has 29 heavy (non-hydrogen) atoms. The molecule has 0 aliphatic carbocycles. The summed E-state index contributed by atoms with van der Waals surface area (Å²) in [5.74, 6) is 0.0236. The third kappa shape index (κ3) is 5.92. The molecule has 0 spiro atoms. The summed E-state index contributed by atoms with van der Waals surface area (Å²) in [6, 6.07) is 11.8. The first-order valence-electron chi connectivity index (χ1n) is 10.2. The van der Waals surface area contributed by atoms with E-state index in [9.17, 15) is 9.59 Å². The Kier molecular flexibility index (Phi) is 7.43. The van der Waals surface area contributed by atoms with E-state index >= 15 is 0 Å². The lowest BCUT2D eigenvalue weighted by Crippen LogP contribution is -2.45. The number of amides is 3. The third-order valence-electron chi connectivity index (χ3n) is 5.09. The van der Waals surface area contributed by atoms with Gasteiger partial charge in [0.2, 0.25) is 5.91 Å². The van der Waals surface area contributed by atoms with Crippen molar-refractivity contribution in [3.05, 3.63) is 42.0 Å². The lowest BCUT2D eigenvalue weighted by atomic mass is 9.97. The zero-order valence-electron chi connectivity index (χ0n) is 17.2. The molecule has 1 aliphatic heterocycles. The second-order valence-corrected chi connectivity index (χ2v) is 7.36. The number of morpholine rings is 1. The number of fused-ring (bicyclic) bond motifs is 1. The van der Waals surface area contributed by atoms with Crippen molar-refractivity contribution >= 4 is 28.4 Å². The Labute approximate surface area is 171 Å². The molecule has 0 bridgehead atoms. The molecule has 7 nitrogen and oxygen atoms in total. The molecular weight excluding hydrogens is 368 g/mol. The van der Waals surface area contributed by atoms with Crippen LogP contribution in [0.1, 0.15) is 25.8 Å². The number of ether oxygens (including phenoxy) is 1. The summed E-state index contributed by atoms with van der Waals surface area (Å²) in [5.41, 5.74) is 1.79. The molecular formula is C22H30N4O3. The predicted octanol–water partition coefficient (Wildman–Crippen LogP) is 2.71. The first kappa shape index (κ1) is 21.1. The average Bonchev–Trinajstić information content (AvgIpc) is 2.74. The van der Waals surface area contributed by atoms with Crippen LogP contribution in [0.5, 0.6) is 0 Å². The molecule has 156 valence electrons. The van der Waals surface area contributed by atoms with Gasteiger partial charge in [0.1, 0.15) is 0 Å². The first-order valence-corrected chi connectivity index (χ1v) is 10.2. The van der Waals surface area contributed by atoms with Crippen molar-refractivity contribution in [3.8, 4) is 0 Å². The summed E-state index contributed by atoms with van der Waals surface area (Å²) in [6.07, 6.45) is 1.08. The van der Waals surface area contributed by atoms with Crippen LogP contribution in [-0.4, -0.2) is 55.9 Å². The monoisotopic (exact) mass is 398 g/mol. The van der Waals surface area contributed by atoms with Crippen LogP contribution >= 0.6 is 0 Å². The van der Waals surface area contributed by atoms with Crippen molar-refractivity contribution in [1.82, 2.24) is 15.5 Å². The maximum Gasteiger partial charge on any atom is 0.320 e. The Hall–Kier alpha value is -2.64.